The van der Waals surface area contributed by atoms with Crippen molar-refractivity contribution in [1.29, 1.82) is 5.26 Å². The van der Waals surface area contributed by atoms with E-state index in [-0.39, 0.29) is 6.04 Å². The summed E-state index contributed by atoms with van der Waals surface area (Å²) in [5.41, 5.74) is 0. The van der Waals surface area contributed by atoms with Crippen LogP contribution in [0, 0.1) is 11.3 Å². The molecule has 0 amide bonds. The lowest BCUT2D eigenvalue weighted by Crippen LogP contribution is -2.37. The molecule has 0 aliphatic carbocycles. The van der Waals surface area contributed by atoms with Crippen molar-refractivity contribution in [1.82, 2.24) is 4.90 Å². The van der Waals surface area contributed by atoms with Crippen LogP contribution in [0.4, 0.5) is 0 Å². The van der Waals surface area contributed by atoms with Crippen LogP contribution in [-0.4, -0.2) is 30.6 Å². The van der Waals surface area contributed by atoms with Crippen LogP contribution in [0.5, 0.6) is 5.75 Å². The molecular weight excluding hydrogens is 212 g/mol. The summed E-state index contributed by atoms with van der Waals surface area (Å²) in [4.78, 5) is 2.37. The van der Waals surface area contributed by atoms with Gasteiger partial charge in [-0.3, -0.25) is 4.90 Å². The van der Waals surface area contributed by atoms with Crippen molar-refractivity contribution < 1.29 is 4.74 Å². The SMILES string of the molecule is N#CCC(COc1ccccc1)N1CCCC1. The highest BCUT2D eigenvalue weighted by molar-refractivity contribution is 5.21. The maximum Gasteiger partial charge on any atom is 0.119 e. The van der Waals surface area contributed by atoms with Crippen LogP contribution in [0.3, 0.4) is 0 Å². The van der Waals surface area contributed by atoms with Crippen molar-refractivity contribution in [2.45, 2.75) is 25.3 Å². The smallest absolute Gasteiger partial charge is 0.119 e. The number of rotatable bonds is 5. The Labute approximate surface area is 103 Å². The number of likely N-dealkylation sites (tertiary alicyclic amines) is 1. The van der Waals surface area contributed by atoms with Crippen LogP contribution in [0.1, 0.15) is 19.3 Å². The molecule has 0 N–H and O–H groups in total. The second-order valence-electron chi connectivity index (χ2n) is 4.38. The Morgan fingerprint density at radius 1 is 1.24 bits per heavy atom. The lowest BCUT2D eigenvalue weighted by atomic mass is 10.2. The van der Waals surface area contributed by atoms with Gasteiger partial charge in [-0.2, -0.15) is 5.26 Å². The van der Waals surface area contributed by atoms with Crippen LogP contribution in [0.2, 0.25) is 0 Å². The Balaban J connectivity index is 1.87. The number of ether oxygens (including phenoxy) is 1. The van der Waals surface area contributed by atoms with E-state index in [9.17, 15) is 0 Å². The molecule has 3 nitrogen and oxygen atoms in total. The molecular formula is C14H18N2O. The van der Waals surface area contributed by atoms with Gasteiger partial charge in [-0.05, 0) is 38.1 Å². The number of benzene rings is 1. The molecule has 1 aliphatic rings. The molecule has 1 fully saturated rings. The first-order valence-corrected chi connectivity index (χ1v) is 6.19. The molecule has 0 saturated carbocycles. The third-order valence-electron chi connectivity index (χ3n) is 3.17. The number of nitriles is 1. The molecule has 1 heterocycles. The van der Waals surface area contributed by atoms with Crippen LogP contribution in [0.25, 0.3) is 0 Å². The minimum atomic E-state index is 0.239. The van der Waals surface area contributed by atoms with Gasteiger partial charge in [0.1, 0.15) is 12.4 Å². The average molecular weight is 230 g/mol. The average Bonchev–Trinajstić information content (AvgIpc) is 2.89. The quantitative estimate of drug-likeness (QED) is 0.779. The predicted molar refractivity (Wildman–Crippen MR) is 66.8 cm³/mol. The minimum Gasteiger partial charge on any atom is -0.492 e. The van der Waals surface area contributed by atoms with Gasteiger partial charge in [-0.25, -0.2) is 0 Å². The number of para-hydroxylation sites is 1. The fourth-order valence-electron chi connectivity index (χ4n) is 2.21. The third-order valence-corrected chi connectivity index (χ3v) is 3.17. The van der Waals surface area contributed by atoms with Gasteiger partial charge in [0, 0.05) is 0 Å². The predicted octanol–water partition coefficient (Wildman–Crippen LogP) is 2.44. The summed E-state index contributed by atoms with van der Waals surface area (Å²) < 4.78 is 5.74. The van der Waals surface area contributed by atoms with Crippen molar-refractivity contribution in [3.8, 4) is 11.8 Å². The second kappa shape index (κ2) is 6.27. The van der Waals surface area contributed by atoms with Crippen LogP contribution < -0.4 is 4.74 Å². The summed E-state index contributed by atoms with van der Waals surface area (Å²) >= 11 is 0. The zero-order valence-electron chi connectivity index (χ0n) is 10.0. The van der Waals surface area contributed by atoms with Crippen molar-refractivity contribution in [2.24, 2.45) is 0 Å². The Hall–Kier alpha value is -1.53. The van der Waals surface area contributed by atoms with E-state index in [1.807, 2.05) is 30.3 Å². The van der Waals surface area contributed by atoms with Crippen LogP contribution >= 0.6 is 0 Å². The first kappa shape index (κ1) is 11.9. The van der Waals surface area contributed by atoms with E-state index in [0.717, 1.165) is 18.8 Å². The second-order valence-corrected chi connectivity index (χ2v) is 4.38. The molecule has 0 spiro atoms. The van der Waals surface area contributed by atoms with E-state index < -0.39 is 0 Å². The Kier molecular flexibility index (Phi) is 4.40. The van der Waals surface area contributed by atoms with Gasteiger partial charge in [-0.15, -0.1) is 0 Å². The lowest BCUT2D eigenvalue weighted by molar-refractivity contribution is 0.162. The van der Waals surface area contributed by atoms with Gasteiger partial charge < -0.3 is 4.74 Å². The van der Waals surface area contributed by atoms with Gasteiger partial charge in [0.2, 0.25) is 0 Å². The van der Waals surface area contributed by atoms with E-state index in [1.54, 1.807) is 0 Å². The van der Waals surface area contributed by atoms with Gasteiger partial charge in [0.25, 0.3) is 0 Å². The highest BCUT2D eigenvalue weighted by atomic mass is 16.5. The first-order valence-electron chi connectivity index (χ1n) is 6.19. The van der Waals surface area contributed by atoms with E-state index >= 15 is 0 Å². The molecule has 1 aromatic carbocycles. The van der Waals surface area contributed by atoms with E-state index in [1.165, 1.54) is 12.8 Å². The maximum atomic E-state index is 8.86. The molecule has 2 rings (SSSR count). The maximum absolute atomic E-state index is 8.86. The van der Waals surface area contributed by atoms with Gasteiger partial charge >= 0.3 is 0 Å². The summed E-state index contributed by atoms with van der Waals surface area (Å²) in [5, 5.41) is 8.86. The van der Waals surface area contributed by atoms with Crippen molar-refractivity contribution in [2.75, 3.05) is 19.7 Å². The fraction of sp³-hybridized carbons (Fsp3) is 0.500. The molecule has 1 aromatic rings. The lowest BCUT2D eigenvalue weighted by Gasteiger charge is -2.25. The zero-order chi connectivity index (χ0) is 11.9. The summed E-state index contributed by atoms with van der Waals surface area (Å²) in [6.45, 7) is 2.81. The molecule has 0 bridgehead atoms. The summed E-state index contributed by atoms with van der Waals surface area (Å²) in [6.07, 6.45) is 3.04. The molecule has 0 aromatic heterocycles. The van der Waals surface area contributed by atoms with Crippen LogP contribution in [0.15, 0.2) is 30.3 Å². The van der Waals surface area contributed by atoms with Gasteiger partial charge in [-0.1, -0.05) is 18.2 Å². The molecule has 1 aliphatic heterocycles. The third kappa shape index (κ3) is 3.47. The molecule has 0 radical (unpaired) electrons. The first-order chi connectivity index (χ1) is 8.40. The normalized spacial score (nSPS) is 17.6. The summed E-state index contributed by atoms with van der Waals surface area (Å²) in [6, 6.07) is 12.3. The molecule has 1 saturated heterocycles. The molecule has 90 valence electrons. The molecule has 1 atom stereocenters. The van der Waals surface area contributed by atoms with Gasteiger partial charge in [0.15, 0.2) is 0 Å². The summed E-state index contributed by atoms with van der Waals surface area (Å²) in [5.74, 6) is 0.884. The summed E-state index contributed by atoms with van der Waals surface area (Å²) in [7, 11) is 0. The van der Waals surface area contributed by atoms with Gasteiger partial charge in [0.05, 0.1) is 18.5 Å². The highest BCUT2D eigenvalue weighted by Gasteiger charge is 2.22. The Morgan fingerprint density at radius 3 is 2.59 bits per heavy atom. The molecule has 17 heavy (non-hydrogen) atoms. The number of hydrogen-bond donors (Lipinski definition) is 0. The van der Waals surface area contributed by atoms with Crippen molar-refractivity contribution in [3.63, 3.8) is 0 Å². The minimum absolute atomic E-state index is 0.239. The monoisotopic (exact) mass is 230 g/mol. The zero-order valence-corrected chi connectivity index (χ0v) is 10.0. The topological polar surface area (TPSA) is 36.3 Å². The Morgan fingerprint density at radius 2 is 1.94 bits per heavy atom. The van der Waals surface area contributed by atoms with E-state index in [0.29, 0.717) is 13.0 Å². The fourth-order valence-corrected chi connectivity index (χ4v) is 2.21. The largest absolute Gasteiger partial charge is 0.492 e. The standard InChI is InChI=1S/C14H18N2O/c15-9-8-13(16-10-4-5-11-16)12-17-14-6-2-1-3-7-14/h1-3,6-7,13H,4-5,8,10-12H2. The highest BCUT2D eigenvalue weighted by Crippen LogP contribution is 2.16. The van der Waals surface area contributed by atoms with E-state index in [4.69, 9.17) is 10.00 Å². The van der Waals surface area contributed by atoms with Crippen molar-refractivity contribution >= 4 is 0 Å². The van der Waals surface area contributed by atoms with Crippen molar-refractivity contribution in [3.05, 3.63) is 30.3 Å². The number of hydrogen-bond acceptors (Lipinski definition) is 3. The van der Waals surface area contributed by atoms with E-state index in [2.05, 4.69) is 11.0 Å². The number of nitrogens with zero attached hydrogens (tertiary/aromatic N) is 2. The molecule has 3 heteroatoms. The Bertz CT molecular complexity index is 366. The van der Waals surface area contributed by atoms with Crippen LogP contribution in [-0.2, 0) is 0 Å². The molecule has 1 unspecified atom stereocenters.